The summed E-state index contributed by atoms with van der Waals surface area (Å²) in [5.41, 5.74) is 0.426. The second kappa shape index (κ2) is 8.29. The number of nitro groups is 1. The molecule has 7 nitrogen and oxygen atoms in total. The van der Waals surface area contributed by atoms with Gasteiger partial charge >= 0.3 is 0 Å². The molecule has 3 aromatic rings. The number of aliphatic hydroxyl groups is 1. The van der Waals surface area contributed by atoms with Gasteiger partial charge in [-0.25, -0.2) is 0 Å². The highest BCUT2D eigenvalue weighted by molar-refractivity contribution is 5.84. The number of nitro benzene ring substituents is 1. The van der Waals surface area contributed by atoms with Gasteiger partial charge in [-0.15, -0.1) is 0 Å². The number of nitrogens with zero attached hydrogens (tertiary/aromatic N) is 1. The topological polar surface area (TPSA) is 102 Å². The van der Waals surface area contributed by atoms with Crippen molar-refractivity contribution in [3.05, 3.63) is 82.4 Å². The van der Waals surface area contributed by atoms with Crippen LogP contribution in [-0.2, 0) is 4.79 Å². The molecule has 0 fully saturated rings. The number of amides is 1. The summed E-state index contributed by atoms with van der Waals surface area (Å²) in [7, 11) is 0. The highest BCUT2D eigenvalue weighted by atomic mass is 16.6. The van der Waals surface area contributed by atoms with Gasteiger partial charge in [-0.05, 0) is 40.6 Å². The number of benzene rings is 3. The first kappa shape index (κ1) is 18.3. The molecule has 1 amide bonds. The molecule has 0 radical (unpaired) electrons. The number of carbonyl (C=O) groups is 1. The predicted molar refractivity (Wildman–Crippen MR) is 101 cm³/mol. The van der Waals surface area contributed by atoms with E-state index in [-0.39, 0.29) is 24.7 Å². The molecule has 0 heterocycles. The molecule has 27 heavy (non-hydrogen) atoms. The van der Waals surface area contributed by atoms with Crippen molar-refractivity contribution in [2.24, 2.45) is 0 Å². The lowest BCUT2D eigenvalue weighted by atomic mass is 10.1. The summed E-state index contributed by atoms with van der Waals surface area (Å²) in [4.78, 5) is 22.0. The minimum atomic E-state index is -0.963. The number of aliphatic hydroxyl groups excluding tert-OH is 1. The second-order valence-corrected chi connectivity index (χ2v) is 5.97. The molecule has 0 spiro atoms. The summed E-state index contributed by atoms with van der Waals surface area (Å²) in [5, 5.41) is 25.4. The van der Waals surface area contributed by atoms with Gasteiger partial charge in [-0.1, -0.05) is 30.3 Å². The van der Waals surface area contributed by atoms with E-state index in [1.54, 1.807) is 6.07 Å². The number of fused-ring (bicyclic) bond motifs is 1. The van der Waals surface area contributed by atoms with Crippen molar-refractivity contribution in [1.29, 1.82) is 0 Å². The van der Waals surface area contributed by atoms with Gasteiger partial charge in [0, 0.05) is 18.7 Å². The van der Waals surface area contributed by atoms with E-state index in [0.717, 1.165) is 10.8 Å². The molecule has 0 saturated heterocycles. The highest BCUT2D eigenvalue weighted by Gasteiger charge is 2.12. The normalized spacial score (nSPS) is 11.7. The molecule has 1 atom stereocenters. The lowest BCUT2D eigenvalue weighted by Gasteiger charge is -2.13. The summed E-state index contributed by atoms with van der Waals surface area (Å²) >= 11 is 0. The van der Waals surface area contributed by atoms with Gasteiger partial charge in [0.2, 0.25) is 0 Å². The van der Waals surface area contributed by atoms with Crippen LogP contribution in [0.25, 0.3) is 10.8 Å². The van der Waals surface area contributed by atoms with Crippen LogP contribution in [0, 0.1) is 10.1 Å². The van der Waals surface area contributed by atoms with Gasteiger partial charge in [-0.3, -0.25) is 14.9 Å². The Kier molecular flexibility index (Phi) is 5.63. The van der Waals surface area contributed by atoms with Crippen molar-refractivity contribution >= 4 is 22.4 Å². The van der Waals surface area contributed by atoms with Crippen LogP contribution in [0.3, 0.4) is 0 Å². The van der Waals surface area contributed by atoms with E-state index in [2.05, 4.69) is 5.32 Å². The van der Waals surface area contributed by atoms with Gasteiger partial charge in [0.05, 0.1) is 11.0 Å². The zero-order valence-corrected chi connectivity index (χ0v) is 14.4. The molecule has 2 N–H and O–H groups in total. The number of non-ortho nitro benzene ring substituents is 1. The van der Waals surface area contributed by atoms with Crippen LogP contribution in [0.2, 0.25) is 0 Å². The number of carbonyl (C=O) groups excluding carboxylic acids is 1. The van der Waals surface area contributed by atoms with Crippen LogP contribution in [0.5, 0.6) is 5.75 Å². The Balaban J connectivity index is 1.49. The van der Waals surface area contributed by atoms with Crippen LogP contribution in [0.15, 0.2) is 66.7 Å². The summed E-state index contributed by atoms with van der Waals surface area (Å²) in [5.74, 6) is 0.212. The molecule has 0 aliphatic rings. The van der Waals surface area contributed by atoms with E-state index in [4.69, 9.17) is 4.74 Å². The van der Waals surface area contributed by atoms with Crippen molar-refractivity contribution < 1.29 is 19.6 Å². The zero-order valence-electron chi connectivity index (χ0n) is 14.4. The maximum Gasteiger partial charge on any atom is 0.269 e. The van der Waals surface area contributed by atoms with Crippen molar-refractivity contribution in [2.45, 2.75) is 6.10 Å². The van der Waals surface area contributed by atoms with E-state index >= 15 is 0 Å². The largest absolute Gasteiger partial charge is 0.484 e. The Labute approximate surface area is 155 Å². The van der Waals surface area contributed by atoms with E-state index in [9.17, 15) is 20.0 Å². The minimum absolute atomic E-state index is 0.0161. The molecule has 7 heteroatoms. The van der Waals surface area contributed by atoms with Crippen molar-refractivity contribution in [1.82, 2.24) is 5.32 Å². The molecule has 3 aromatic carbocycles. The maximum absolute atomic E-state index is 11.9. The SMILES string of the molecule is O=C(COc1ccc2ccccc2c1)NCC(O)c1ccc([N+](=O)[O-])cc1. The van der Waals surface area contributed by atoms with Gasteiger partial charge in [-0.2, -0.15) is 0 Å². The average Bonchev–Trinajstić information content (AvgIpc) is 2.70. The number of ether oxygens (including phenoxy) is 1. The molecule has 0 aliphatic carbocycles. The third kappa shape index (κ3) is 4.80. The zero-order chi connectivity index (χ0) is 19.2. The fourth-order valence-electron chi connectivity index (χ4n) is 2.60. The van der Waals surface area contributed by atoms with Gasteiger partial charge < -0.3 is 15.2 Å². The molecule has 0 aliphatic heterocycles. The van der Waals surface area contributed by atoms with E-state index in [0.29, 0.717) is 11.3 Å². The predicted octanol–water partition coefficient (Wildman–Crippen LogP) is 2.98. The molecular weight excluding hydrogens is 348 g/mol. The Morgan fingerprint density at radius 1 is 1.07 bits per heavy atom. The van der Waals surface area contributed by atoms with Gasteiger partial charge in [0.25, 0.3) is 11.6 Å². The van der Waals surface area contributed by atoms with Crippen molar-refractivity contribution in [3.63, 3.8) is 0 Å². The molecule has 0 bridgehead atoms. The number of hydrogen-bond donors (Lipinski definition) is 2. The third-order valence-electron chi connectivity index (χ3n) is 4.07. The number of rotatable bonds is 7. The summed E-state index contributed by atoms with van der Waals surface area (Å²) in [6, 6.07) is 18.9. The molecule has 3 rings (SSSR count). The second-order valence-electron chi connectivity index (χ2n) is 5.97. The monoisotopic (exact) mass is 366 g/mol. The van der Waals surface area contributed by atoms with Crippen LogP contribution >= 0.6 is 0 Å². The maximum atomic E-state index is 11.9. The molecule has 0 aromatic heterocycles. The first-order valence-corrected chi connectivity index (χ1v) is 8.33. The standard InChI is InChI=1S/C20H18N2O5/c23-19(15-5-8-17(9-6-15)22(25)26)12-21-20(24)13-27-18-10-7-14-3-1-2-4-16(14)11-18/h1-11,19,23H,12-13H2,(H,21,24). The molecule has 138 valence electrons. The van der Waals surface area contributed by atoms with E-state index in [1.807, 2.05) is 36.4 Å². The quantitative estimate of drug-likeness (QED) is 0.494. The number of nitrogens with one attached hydrogen (secondary N) is 1. The summed E-state index contributed by atoms with van der Waals surface area (Å²) in [6.07, 6.45) is -0.963. The molecule has 1 unspecified atom stereocenters. The number of hydrogen-bond acceptors (Lipinski definition) is 5. The van der Waals surface area contributed by atoms with Gasteiger partial charge in [0.1, 0.15) is 5.75 Å². The van der Waals surface area contributed by atoms with Crippen LogP contribution < -0.4 is 10.1 Å². The summed E-state index contributed by atoms with van der Waals surface area (Å²) < 4.78 is 5.49. The first-order chi connectivity index (χ1) is 13.0. The van der Waals surface area contributed by atoms with Gasteiger partial charge in [0.15, 0.2) is 6.61 Å². The Morgan fingerprint density at radius 3 is 2.48 bits per heavy atom. The lowest BCUT2D eigenvalue weighted by Crippen LogP contribution is -2.32. The highest BCUT2D eigenvalue weighted by Crippen LogP contribution is 2.20. The van der Waals surface area contributed by atoms with Crippen LogP contribution in [0.1, 0.15) is 11.7 Å². The fraction of sp³-hybridized carbons (Fsp3) is 0.150. The van der Waals surface area contributed by atoms with E-state index in [1.165, 1.54) is 24.3 Å². The lowest BCUT2D eigenvalue weighted by molar-refractivity contribution is -0.384. The van der Waals surface area contributed by atoms with Crippen molar-refractivity contribution in [2.75, 3.05) is 13.2 Å². The van der Waals surface area contributed by atoms with E-state index < -0.39 is 11.0 Å². The minimum Gasteiger partial charge on any atom is -0.484 e. The Bertz CT molecular complexity index is 956. The smallest absolute Gasteiger partial charge is 0.269 e. The van der Waals surface area contributed by atoms with Crippen LogP contribution in [0.4, 0.5) is 5.69 Å². The third-order valence-corrected chi connectivity index (χ3v) is 4.07. The Morgan fingerprint density at radius 2 is 1.78 bits per heavy atom. The summed E-state index contributed by atoms with van der Waals surface area (Å²) in [6.45, 7) is -0.191. The fourth-order valence-corrected chi connectivity index (χ4v) is 2.60. The van der Waals surface area contributed by atoms with Crippen molar-refractivity contribution in [3.8, 4) is 5.75 Å². The molecular formula is C20H18N2O5. The molecule has 0 saturated carbocycles. The van der Waals surface area contributed by atoms with Crippen LogP contribution in [-0.4, -0.2) is 29.1 Å². The first-order valence-electron chi connectivity index (χ1n) is 8.33. The average molecular weight is 366 g/mol. The Hall–Kier alpha value is -3.45.